The summed E-state index contributed by atoms with van der Waals surface area (Å²) in [7, 11) is 1.58. The first-order valence-electron chi connectivity index (χ1n) is 6.38. The van der Waals surface area contributed by atoms with Crippen LogP contribution in [-0.4, -0.2) is 17.1 Å². The summed E-state index contributed by atoms with van der Waals surface area (Å²) in [6.07, 6.45) is 1.45. The molecule has 1 aromatic heterocycles. The average Bonchev–Trinajstić information content (AvgIpc) is 2.43. The number of anilines is 1. The van der Waals surface area contributed by atoms with Crippen molar-refractivity contribution in [1.82, 2.24) is 9.97 Å². The van der Waals surface area contributed by atoms with E-state index in [1.165, 1.54) is 6.33 Å². The van der Waals surface area contributed by atoms with Gasteiger partial charge < -0.3 is 10.1 Å². The highest BCUT2D eigenvalue weighted by molar-refractivity contribution is 5.48. The van der Waals surface area contributed by atoms with Crippen molar-refractivity contribution in [2.45, 2.75) is 27.3 Å². The molecule has 20 heavy (non-hydrogen) atoms. The van der Waals surface area contributed by atoms with Crippen LogP contribution in [0.25, 0.3) is 0 Å². The summed E-state index contributed by atoms with van der Waals surface area (Å²) in [5.41, 5.74) is 3.17. The second kappa shape index (κ2) is 5.86. The van der Waals surface area contributed by atoms with E-state index in [2.05, 4.69) is 15.3 Å². The molecule has 0 saturated carbocycles. The lowest BCUT2D eigenvalue weighted by Gasteiger charge is -2.12. The number of aromatic nitrogens is 2. The zero-order valence-corrected chi connectivity index (χ0v) is 12.1. The van der Waals surface area contributed by atoms with Gasteiger partial charge in [-0.15, -0.1) is 0 Å². The second-order valence-electron chi connectivity index (χ2n) is 4.75. The van der Waals surface area contributed by atoms with Crippen LogP contribution >= 0.6 is 0 Å². The maximum atomic E-state index is 13.6. The van der Waals surface area contributed by atoms with Crippen molar-refractivity contribution in [3.63, 3.8) is 0 Å². The Morgan fingerprint density at radius 1 is 1.15 bits per heavy atom. The van der Waals surface area contributed by atoms with Gasteiger partial charge in [-0.3, -0.25) is 0 Å². The van der Waals surface area contributed by atoms with E-state index in [0.717, 1.165) is 16.9 Å². The molecule has 0 aliphatic heterocycles. The first-order chi connectivity index (χ1) is 9.52. The summed E-state index contributed by atoms with van der Waals surface area (Å²) in [5, 5.41) is 3.22. The van der Waals surface area contributed by atoms with Crippen LogP contribution in [-0.2, 0) is 6.54 Å². The summed E-state index contributed by atoms with van der Waals surface area (Å²) in [6, 6.07) is 3.67. The van der Waals surface area contributed by atoms with Gasteiger partial charge in [0.05, 0.1) is 12.7 Å². The monoisotopic (exact) mass is 275 g/mol. The smallest absolute Gasteiger partial charge is 0.221 e. The topological polar surface area (TPSA) is 47.0 Å². The molecule has 0 unspecified atom stereocenters. The molecule has 0 bridgehead atoms. The zero-order chi connectivity index (χ0) is 14.7. The van der Waals surface area contributed by atoms with Crippen LogP contribution in [0.1, 0.15) is 22.3 Å². The predicted molar refractivity (Wildman–Crippen MR) is 76.5 cm³/mol. The standard InChI is InChI=1S/C15H18FN3O/c1-9-5-12(6-10(2)13(9)16)7-17-14-11(3)15(20-4)19-8-18-14/h5-6,8H,7H2,1-4H3,(H,17,18,19). The Morgan fingerprint density at radius 2 is 1.80 bits per heavy atom. The number of ether oxygens (including phenoxy) is 1. The number of rotatable bonds is 4. The first-order valence-corrected chi connectivity index (χ1v) is 6.38. The Bertz CT molecular complexity index is 606. The minimum absolute atomic E-state index is 0.145. The third-order valence-electron chi connectivity index (χ3n) is 3.19. The van der Waals surface area contributed by atoms with E-state index in [-0.39, 0.29) is 5.82 Å². The van der Waals surface area contributed by atoms with E-state index < -0.39 is 0 Å². The maximum absolute atomic E-state index is 13.6. The van der Waals surface area contributed by atoms with Crippen molar-refractivity contribution in [1.29, 1.82) is 0 Å². The summed E-state index contributed by atoms with van der Waals surface area (Å²) in [4.78, 5) is 8.22. The molecule has 106 valence electrons. The lowest BCUT2D eigenvalue weighted by atomic mass is 10.1. The van der Waals surface area contributed by atoms with Gasteiger partial charge in [0.25, 0.3) is 0 Å². The molecule has 1 aromatic carbocycles. The predicted octanol–water partition coefficient (Wildman–Crippen LogP) is 3.16. The minimum Gasteiger partial charge on any atom is -0.481 e. The van der Waals surface area contributed by atoms with Crippen LogP contribution in [0.15, 0.2) is 18.5 Å². The van der Waals surface area contributed by atoms with Gasteiger partial charge in [0.2, 0.25) is 5.88 Å². The van der Waals surface area contributed by atoms with Crippen molar-refractivity contribution in [2.75, 3.05) is 12.4 Å². The van der Waals surface area contributed by atoms with E-state index in [1.807, 2.05) is 19.1 Å². The van der Waals surface area contributed by atoms with Crippen molar-refractivity contribution in [3.8, 4) is 5.88 Å². The second-order valence-corrected chi connectivity index (χ2v) is 4.75. The van der Waals surface area contributed by atoms with Gasteiger partial charge in [0, 0.05) is 6.54 Å². The molecule has 0 amide bonds. The summed E-state index contributed by atoms with van der Waals surface area (Å²) >= 11 is 0. The molecule has 0 aliphatic carbocycles. The lowest BCUT2D eigenvalue weighted by molar-refractivity contribution is 0.393. The highest BCUT2D eigenvalue weighted by Gasteiger charge is 2.08. The molecule has 2 aromatic rings. The van der Waals surface area contributed by atoms with Crippen LogP contribution in [0.2, 0.25) is 0 Å². The maximum Gasteiger partial charge on any atom is 0.221 e. The van der Waals surface area contributed by atoms with E-state index in [1.54, 1.807) is 21.0 Å². The molecule has 0 atom stereocenters. The van der Waals surface area contributed by atoms with Crippen LogP contribution in [0.5, 0.6) is 5.88 Å². The van der Waals surface area contributed by atoms with Gasteiger partial charge in [-0.2, -0.15) is 0 Å². The number of hydrogen-bond acceptors (Lipinski definition) is 4. The molecule has 0 radical (unpaired) electrons. The average molecular weight is 275 g/mol. The fourth-order valence-corrected chi connectivity index (χ4v) is 2.14. The third-order valence-corrected chi connectivity index (χ3v) is 3.19. The summed E-state index contributed by atoms with van der Waals surface area (Å²) in [5.74, 6) is 1.12. The van der Waals surface area contributed by atoms with E-state index >= 15 is 0 Å². The van der Waals surface area contributed by atoms with E-state index in [4.69, 9.17) is 4.74 Å². The van der Waals surface area contributed by atoms with Crippen LogP contribution in [0.4, 0.5) is 10.2 Å². The number of halogens is 1. The zero-order valence-electron chi connectivity index (χ0n) is 12.1. The third kappa shape index (κ3) is 2.87. The summed E-state index contributed by atoms with van der Waals surface area (Å²) < 4.78 is 18.7. The number of methoxy groups -OCH3 is 1. The largest absolute Gasteiger partial charge is 0.481 e. The molecule has 1 heterocycles. The molecule has 2 rings (SSSR count). The molecule has 0 spiro atoms. The summed E-state index contributed by atoms with van der Waals surface area (Å²) in [6.45, 7) is 6.00. The molecular weight excluding hydrogens is 257 g/mol. The van der Waals surface area contributed by atoms with Gasteiger partial charge >= 0.3 is 0 Å². The first kappa shape index (κ1) is 14.2. The lowest BCUT2D eigenvalue weighted by Crippen LogP contribution is -2.06. The molecule has 0 fully saturated rings. The van der Waals surface area contributed by atoms with Crippen molar-refractivity contribution < 1.29 is 9.13 Å². The normalized spacial score (nSPS) is 10.4. The number of benzene rings is 1. The Labute approximate surface area is 118 Å². The number of nitrogens with one attached hydrogen (secondary N) is 1. The van der Waals surface area contributed by atoms with Crippen molar-refractivity contribution >= 4 is 5.82 Å². The van der Waals surface area contributed by atoms with Gasteiger partial charge in [0.15, 0.2) is 0 Å². The molecule has 1 N–H and O–H groups in total. The minimum atomic E-state index is -0.145. The van der Waals surface area contributed by atoms with Gasteiger partial charge in [-0.1, -0.05) is 12.1 Å². The number of aryl methyl sites for hydroxylation is 2. The SMILES string of the molecule is COc1ncnc(NCc2cc(C)c(F)c(C)c2)c1C. The van der Waals surface area contributed by atoms with E-state index in [0.29, 0.717) is 23.6 Å². The Balaban J connectivity index is 2.17. The Kier molecular flexibility index (Phi) is 4.17. The fourth-order valence-electron chi connectivity index (χ4n) is 2.14. The Hall–Kier alpha value is -2.17. The molecular formula is C15H18FN3O. The number of nitrogens with zero attached hydrogens (tertiary/aromatic N) is 2. The van der Waals surface area contributed by atoms with Crippen molar-refractivity contribution in [3.05, 3.63) is 46.5 Å². The van der Waals surface area contributed by atoms with Crippen molar-refractivity contribution in [2.24, 2.45) is 0 Å². The van der Waals surface area contributed by atoms with Crippen LogP contribution in [0, 0.1) is 26.6 Å². The van der Waals surface area contributed by atoms with E-state index in [9.17, 15) is 4.39 Å². The molecule has 0 aliphatic rings. The van der Waals surface area contributed by atoms with Gasteiger partial charge in [-0.05, 0) is 37.5 Å². The quantitative estimate of drug-likeness (QED) is 0.931. The van der Waals surface area contributed by atoms with Crippen LogP contribution < -0.4 is 10.1 Å². The highest BCUT2D eigenvalue weighted by atomic mass is 19.1. The van der Waals surface area contributed by atoms with Gasteiger partial charge in [-0.25, -0.2) is 14.4 Å². The molecule has 5 heteroatoms. The van der Waals surface area contributed by atoms with Crippen LogP contribution in [0.3, 0.4) is 0 Å². The molecule has 4 nitrogen and oxygen atoms in total. The molecule has 0 saturated heterocycles. The van der Waals surface area contributed by atoms with Gasteiger partial charge in [0.1, 0.15) is 18.0 Å². The fraction of sp³-hybridized carbons (Fsp3) is 0.333. The highest BCUT2D eigenvalue weighted by Crippen LogP contribution is 2.21. The number of hydrogen-bond donors (Lipinski definition) is 1. The Morgan fingerprint density at radius 3 is 2.40 bits per heavy atom.